The third kappa shape index (κ3) is 3.46. The molecule has 0 fully saturated rings. The summed E-state index contributed by atoms with van der Waals surface area (Å²) >= 11 is 3.37. The third-order valence-electron chi connectivity index (χ3n) is 2.23. The van der Waals surface area contributed by atoms with E-state index in [4.69, 9.17) is 5.26 Å². The molecule has 0 radical (unpaired) electrons. The van der Waals surface area contributed by atoms with Crippen LogP contribution in [-0.4, -0.2) is 5.78 Å². The van der Waals surface area contributed by atoms with Gasteiger partial charge < -0.3 is 0 Å². The Morgan fingerprint density at radius 1 is 1.50 bits per heavy atom. The molecule has 84 valence electrons. The van der Waals surface area contributed by atoms with E-state index in [0.29, 0.717) is 24.3 Å². The van der Waals surface area contributed by atoms with Gasteiger partial charge in [0.2, 0.25) is 0 Å². The van der Waals surface area contributed by atoms with E-state index in [2.05, 4.69) is 22.0 Å². The lowest BCUT2D eigenvalue weighted by Gasteiger charge is -2.06. The first-order valence-electron chi connectivity index (χ1n) is 5.23. The van der Waals surface area contributed by atoms with Gasteiger partial charge >= 0.3 is 0 Å². The molecule has 0 bridgehead atoms. The topological polar surface area (TPSA) is 40.9 Å². The van der Waals surface area contributed by atoms with Crippen molar-refractivity contribution in [2.45, 2.75) is 26.7 Å². The molecule has 0 unspecified atom stereocenters. The van der Waals surface area contributed by atoms with Gasteiger partial charge in [0.25, 0.3) is 0 Å². The highest BCUT2D eigenvalue weighted by atomic mass is 79.9. The highest BCUT2D eigenvalue weighted by Crippen LogP contribution is 2.20. The Morgan fingerprint density at radius 3 is 2.75 bits per heavy atom. The van der Waals surface area contributed by atoms with E-state index < -0.39 is 0 Å². The number of ketones is 1. The van der Waals surface area contributed by atoms with Crippen LogP contribution >= 0.6 is 15.9 Å². The minimum atomic E-state index is 0.140. The summed E-state index contributed by atoms with van der Waals surface area (Å²) in [4.78, 5) is 11.8. The molecule has 0 heterocycles. The Kier molecular flexibility index (Phi) is 4.70. The van der Waals surface area contributed by atoms with E-state index in [1.54, 1.807) is 12.1 Å². The van der Waals surface area contributed by atoms with Gasteiger partial charge in [0.1, 0.15) is 0 Å². The van der Waals surface area contributed by atoms with Gasteiger partial charge in [-0.3, -0.25) is 4.79 Å². The molecule has 1 rings (SSSR count). The maximum absolute atomic E-state index is 11.8. The average molecular weight is 280 g/mol. The molecule has 1 aromatic carbocycles. The first-order valence-corrected chi connectivity index (χ1v) is 6.02. The molecule has 0 aliphatic carbocycles. The minimum absolute atomic E-state index is 0.140. The van der Waals surface area contributed by atoms with Gasteiger partial charge in [0.15, 0.2) is 5.78 Å². The van der Waals surface area contributed by atoms with Crippen molar-refractivity contribution in [3.63, 3.8) is 0 Å². The van der Waals surface area contributed by atoms with Crippen LogP contribution in [0.1, 0.15) is 36.2 Å². The Morgan fingerprint density at radius 2 is 2.19 bits per heavy atom. The molecule has 1 aromatic rings. The molecule has 3 heteroatoms. The summed E-state index contributed by atoms with van der Waals surface area (Å²) in [7, 11) is 0. The number of hydrogen-bond donors (Lipinski definition) is 0. The van der Waals surface area contributed by atoms with Crippen molar-refractivity contribution >= 4 is 21.7 Å². The second kappa shape index (κ2) is 5.81. The van der Waals surface area contributed by atoms with Crippen LogP contribution < -0.4 is 0 Å². The van der Waals surface area contributed by atoms with Crippen LogP contribution in [0.15, 0.2) is 22.7 Å². The van der Waals surface area contributed by atoms with Gasteiger partial charge in [-0.05, 0) is 23.6 Å². The molecule has 0 saturated heterocycles. The van der Waals surface area contributed by atoms with Crippen molar-refractivity contribution in [3.05, 3.63) is 33.8 Å². The highest BCUT2D eigenvalue weighted by Gasteiger charge is 2.10. The number of nitriles is 1. The van der Waals surface area contributed by atoms with E-state index in [1.165, 1.54) is 0 Å². The number of nitrogens with zero attached hydrogens (tertiary/aromatic N) is 1. The number of Topliss-reactive ketones (excluding diaryl/α,β-unsaturated/α-hetero) is 1. The van der Waals surface area contributed by atoms with Crippen LogP contribution in [0.25, 0.3) is 0 Å². The predicted molar refractivity (Wildman–Crippen MR) is 67.2 cm³/mol. The van der Waals surface area contributed by atoms with Crippen LogP contribution in [0.2, 0.25) is 0 Å². The Hall–Kier alpha value is -1.14. The molecule has 16 heavy (non-hydrogen) atoms. The Bertz CT molecular complexity index is 432. The number of hydrogen-bond acceptors (Lipinski definition) is 2. The molecular formula is C13H14BrNO. The number of halogens is 1. The summed E-state index contributed by atoms with van der Waals surface area (Å²) in [6.45, 7) is 4.04. The van der Waals surface area contributed by atoms with Crippen molar-refractivity contribution in [1.29, 1.82) is 5.26 Å². The van der Waals surface area contributed by atoms with Crippen molar-refractivity contribution < 1.29 is 4.79 Å². The van der Waals surface area contributed by atoms with Crippen LogP contribution in [-0.2, 0) is 6.42 Å². The van der Waals surface area contributed by atoms with Crippen LogP contribution in [0.4, 0.5) is 0 Å². The number of carbonyl (C=O) groups is 1. The lowest BCUT2D eigenvalue weighted by atomic mass is 9.99. The van der Waals surface area contributed by atoms with Gasteiger partial charge in [-0.1, -0.05) is 35.8 Å². The summed E-state index contributed by atoms with van der Waals surface area (Å²) in [5.41, 5.74) is 1.57. The van der Waals surface area contributed by atoms with Crippen molar-refractivity contribution in [3.8, 4) is 6.07 Å². The van der Waals surface area contributed by atoms with Crippen molar-refractivity contribution in [2.75, 3.05) is 0 Å². The fourth-order valence-electron chi connectivity index (χ4n) is 1.46. The van der Waals surface area contributed by atoms with Crippen LogP contribution in [0.5, 0.6) is 0 Å². The number of benzene rings is 1. The monoisotopic (exact) mass is 279 g/mol. The van der Waals surface area contributed by atoms with Gasteiger partial charge in [-0.15, -0.1) is 0 Å². The highest BCUT2D eigenvalue weighted by molar-refractivity contribution is 9.10. The predicted octanol–water partition coefficient (Wildman–Crippen LogP) is 3.74. The summed E-state index contributed by atoms with van der Waals surface area (Å²) in [5.74, 6) is 0.497. The smallest absolute Gasteiger partial charge is 0.163 e. The molecule has 0 aromatic heterocycles. The van der Waals surface area contributed by atoms with Crippen molar-refractivity contribution in [2.24, 2.45) is 5.92 Å². The summed E-state index contributed by atoms with van der Waals surface area (Å²) < 4.78 is 0.884. The number of rotatable bonds is 4. The molecule has 0 spiro atoms. The molecule has 2 nitrogen and oxygen atoms in total. The first-order chi connectivity index (χ1) is 7.54. The molecule has 0 amide bonds. The van der Waals surface area contributed by atoms with Gasteiger partial charge in [-0.25, -0.2) is 0 Å². The first kappa shape index (κ1) is 12.9. The Labute approximate surface area is 104 Å². The van der Waals surface area contributed by atoms with Crippen LogP contribution in [0, 0.1) is 17.2 Å². The lowest BCUT2D eigenvalue weighted by Crippen LogP contribution is -2.04. The molecule has 0 saturated carbocycles. The largest absolute Gasteiger partial charge is 0.294 e. The zero-order chi connectivity index (χ0) is 12.1. The van der Waals surface area contributed by atoms with Crippen LogP contribution in [0.3, 0.4) is 0 Å². The zero-order valence-electron chi connectivity index (χ0n) is 9.46. The van der Waals surface area contributed by atoms with Crippen molar-refractivity contribution in [1.82, 2.24) is 0 Å². The normalized spacial score (nSPS) is 10.2. The van der Waals surface area contributed by atoms with Gasteiger partial charge in [0.05, 0.1) is 12.5 Å². The summed E-state index contributed by atoms with van der Waals surface area (Å²) in [6, 6.07) is 7.53. The maximum atomic E-state index is 11.8. The summed E-state index contributed by atoms with van der Waals surface area (Å²) in [6.07, 6.45) is 0.872. The summed E-state index contributed by atoms with van der Waals surface area (Å²) in [5, 5.41) is 8.66. The third-order valence-corrected chi connectivity index (χ3v) is 3.00. The zero-order valence-corrected chi connectivity index (χ0v) is 11.0. The molecule has 0 N–H and O–H groups in total. The van der Waals surface area contributed by atoms with E-state index in [9.17, 15) is 4.79 Å². The van der Waals surface area contributed by atoms with Gasteiger partial charge in [0, 0.05) is 16.5 Å². The van der Waals surface area contributed by atoms with E-state index >= 15 is 0 Å². The van der Waals surface area contributed by atoms with Gasteiger partial charge in [-0.2, -0.15) is 5.26 Å². The molecule has 0 aliphatic heterocycles. The standard InChI is InChI=1S/C13H14BrNO/c1-9(2)7-13(16)11-3-4-12(14)10(8-11)5-6-15/h3-4,8-9H,5,7H2,1-2H3. The van der Waals surface area contributed by atoms with E-state index in [1.807, 2.05) is 19.9 Å². The Balaban J connectivity index is 2.94. The second-order valence-electron chi connectivity index (χ2n) is 4.16. The quantitative estimate of drug-likeness (QED) is 0.788. The van der Waals surface area contributed by atoms with E-state index in [-0.39, 0.29) is 5.78 Å². The maximum Gasteiger partial charge on any atom is 0.163 e. The second-order valence-corrected chi connectivity index (χ2v) is 5.02. The molecule has 0 atom stereocenters. The van der Waals surface area contributed by atoms with E-state index in [0.717, 1.165) is 10.0 Å². The fourth-order valence-corrected chi connectivity index (χ4v) is 1.84. The SMILES string of the molecule is CC(C)CC(=O)c1ccc(Br)c(CC#N)c1. The molecular weight excluding hydrogens is 266 g/mol. The average Bonchev–Trinajstić information content (AvgIpc) is 2.20. The lowest BCUT2D eigenvalue weighted by molar-refractivity contribution is 0.0968. The fraction of sp³-hybridized carbons (Fsp3) is 0.385. The minimum Gasteiger partial charge on any atom is -0.294 e. The molecule has 0 aliphatic rings. The number of carbonyl (C=O) groups excluding carboxylic acids is 1.